The van der Waals surface area contributed by atoms with Crippen LogP contribution in [0.2, 0.25) is 0 Å². The highest BCUT2D eigenvalue weighted by atomic mass is 16.5. The normalized spacial score (nSPS) is 31.1. The van der Waals surface area contributed by atoms with Gasteiger partial charge in [-0.1, -0.05) is 19.1 Å². The van der Waals surface area contributed by atoms with E-state index in [1.165, 1.54) is 6.07 Å². The lowest BCUT2D eigenvalue weighted by molar-refractivity contribution is -0.178. The highest BCUT2D eigenvalue weighted by molar-refractivity contribution is 6.23. The average molecular weight is 529 g/mol. The molecule has 0 bridgehead atoms. The molecule has 1 saturated carbocycles. The maximum atomic E-state index is 13.8. The second-order valence-corrected chi connectivity index (χ2v) is 10.1. The Morgan fingerprint density at radius 3 is 2.63 bits per heavy atom. The molecule has 2 fully saturated rings. The van der Waals surface area contributed by atoms with Gasteiger partial charge in [-0.15, -0.1) is 0 Å². The summed E-state index contributed by atoms with van der Waals surface area (Å²) in [4.78, 5) is 53.5. The zero-order valence-electron chi connectivity index (χ0n) is 20.5. The zero-order valence-corrected chi connectivity index (χ0v) is 20.5. The minimum atomic E-state index is -2.88. The lowest BCUT2D eigenvalue weighted by Gasteiger charge is -2.51. The fourth-order valence-corrected chi connectivity index (χ4v) is 6.17. The number of amides is 1. The van der Waals surface area contributed by atoms with Crippen LogP contribution >= 0.6 is 0 Å². The number of nitrogens with zero attached hydrogens (tertiary/aromatic N) is 1. The number of rotatable bonds is 5. The van der Waals surface area contributed by atoms with Crippen molar-refractivity contribution < 1.29 is 49.1 Å². The van der Waals surface area contributed by atoms with Gasteiger partial charge in [0, 0.05) is 36.9 Å². The summed E-state index contributed by atoms with van der Waals surface area (Å²) in [6, 6.07) is 4.51. The Hall–Kier alpha value is -3.74. The van der Waals surface area contributed by atoms with Gasteiger partial charge in [-0.25, -0.2) is 0 Å². The monoisotopic (exact) mass is 528 g/mol. The van der Waals surface area contributed by atoms with Crippen molar-refractivity contribution in [1.29, 1.82) is 0 Å². The molecule has 0 aromatic heterocycles. The number of primary amides is 1. The Balaban J connectivity index is 1.64. The molecular weight excluding hydrogens is 500 g/mol. The highest BCUT2D eigenvalue weighted by Gasteiger charge is 2.66. The van der Waals surface area contributed by atoms with Gasteiger partial charge in [0.15, 0.2) is 11.4 Å². The van der Waals surface area contributed by atoms with Gasteiger partial charge in [0.05, 0.1) is 25.3 Å². The van der Waals surface area contributed by atoms with E-state index in [9.17, 15) is 39.6 Å². The quantitative estimate of drug-likeness (QED) is 0.258. The van der Waals surface area contributed by atoms with Crippen LogP contribution in [0.5, 0.6) is 5.75 Å². The number of nitrogens with two attached hydrogens (primary N) is 1. The summed E-state index contributed by atoms with van der Waals surface area (Å²) in [7, 11) is 0. The number of benzene rings is 1. The van der Waals surface area contributed by atoms with Crippen LogP contribution in [-0.2, 0) is 28.7 Å². The van der Waals surface area contributed by atoms with Crippen molar-refractivity contribution in [2.24, 2.45) is 17.6 Å². The molecule has 4 aliphatic rings. The number of aromatic hydroxyl groups is 1. The molecular formula is C26H28N2O10. The van der Waals surface area contributed by atoms with E-state index in [4.69, 9.17) is 15.2 Å². The van der Waals surface area contributed by atoms with E-state index in [1.807, 2.05) is 4.90 Å². The first-order valence-corrected chi connectivity index (χ1v) is 12.3. The summed E-state index contributed by atoms with van der Waals surface area (Å²) in [6.07, 6.45) is -2.04. The number of ketones is 2. The van der Waals surface area contributed by atoms with E-state index in [0.717, 1.165) is 0 Å². The molecule has 1 aromatic carbocycles. The molecule has 202 valence electrons. The number of carbonyl (C=O) groups excluding carboxylic acids is 4. The maximum absolute atomic E-state index is 13.8. The topological polar surface area (TPSA) is 197 Å². The van der Waals surface area contributed by atoms with Crippen LogP contribution in [0.15, 0.2) is 35.1 Å². The molecule has 12 heteroatoms. The SMILES string of the molecule is C[C@H]1c2cccc(O)c2C(O)=C2C(=O)[C@]3(O)C(O)=C(C(N)=O)C(=O)C[C@@H]3[C@@H](OC(=O)CCN3CCOC3)[C@@H]21. The number of phenols is 1. The van der Waals surface area contributed by atoms with Crippen molar-refractivity contribution in [3.05, 3.63) is 46.2 Å². The number of Topliss-reactive ketones (excluding diaryl/α,β-unsaturated/α-hetero) is 2. The second kappa shape index (κ2) is 9.22. The van der Waals surface area contributed by atoms with E-state index in [2.05, 4.69) is 0 Å². The van der Waals surface area contributed by atoms with E-state index < -0.39 is 76.4 Å². The number of hydrogen-bond donors (Lipinski definition) is 5. The van der Waals surface area contributed by atoms with Gasteiger partial charge < -0.3 is 35.6 Å². The van der Waals surface area contributed by atoms with Crippen molar-refractivity contribution >= 4 is 29.2 Å². The molecule has 38 heavy (non-hydrogen) atoms. The van der Waals surface area contributed by atoms with Crippen LogP contribution in [-0.4, -0.2) is 86.9 Å². The number of esters is 1. The molecule has 0 unspecified atom stereocenters. The van der Waals surface area contributed by atoms with Crippen LogP contribution in [0.3, 0.4) is 0 Å². The van der Waals surface area contributed by atoms with Gasteiger partial charge in [-0.05, 0) is 17.5 Å². The molecule has 1 aromatic rings. The largest absolute Gasteiger partial charge is 0.508 e. The predicted octanol–water partition coefficient (Wildman–Crippen LogP) is 0.186. The molecule has 0 radical (unpaired) electrons. The van der Waals surface area contributed by atoms with Crippen molar-refractivity contribution in [2.45, 2.75) is 37.4 Å². The smallest absolute Gasteiger partial charge is 0.307 e. The van der Waals surface area contributed by atoms with Crippen molar-refractivity contribution in [3.63, 3.8) is 0 Å². The average Bonchev–Trinajstić information content (AvgIpc) is 3.38. The number of aliphatic hydroxyl groups excluding tert-OH is 2. The molecule has 0 spiro atoms. The van der Waals surface area contributed by atoms with Crippen LogP contribution in [0.25, 0.3) is 5.76 Å². The van der Waals surface area contributed by atoms with Crippen LogP contribution in [0.1, 0.15) is 36.8 Å². The highest BCUT2D eigenvalue weighted by Crippen LogP contribution is 2.56. The summed E-state index contributed by atoms with van der Waals surface area (Å²) in [5.41, 5.74) is 1.49. The summed E-state index contributed by atoms with van der Waals surface area (Å²) in [5, 5.41) is 44.3. The Labute approximate surface area is 216 Å². The summed E-state index contributed by atoms with van der Waals surface area (Å²) in [5.74, 6) is -9.46. The van der Waals surface area contributed by atoms with E-state index in [1.54, 1.807) is 19.1 Å². The number of aliphatic hydroxyl groups is 3. The molecule has 12 nitrogen and oxygen atoms in total. The standard InChI is InChI=1S/C26H28N2O10/c1-11-12-3-2-4-14(29)18(12)21(32)20-17(11)22(38-16(31)5-6-28-7-8-37-10-28)13-9-15(30)19(25(27)35)23(33)26(13,36)24(20)34/h2-4,11,13,17,22,29,32-33,36H,5-10H2,1H3,(H2,27,35)/t11-,13+,17+,22+,26+/m0/s1. The Bertz CT molecular complexity index is 1310. The van der Waals surface area contributed by atoms with E-state index in [-0.39, 0.29) is 23.3 Å². The van der Waals surface area contributed by atoms with E-state index >= 15 is 0 Å². The third kappa shape index (κ3) is 3.70. The van der Waals surface area contributed by atoms with Gasteiger partial charge >= 0.3 is 5.97 Å². The van der Waals surface area contributed by atoms with Crippen LogP contribution in [0.4, 0.5) is 0 Å². The van der Waals surface area contributed by atoms with Gasteiger partial charge in [-0.2, -0.15) is 0 Å². The van der Waals surface area contributed by atoms with Crippen molar-refractivity contribution in [3.8, 4) is 5.75 Å². The summed E-state index contributed by atoms with van der Waals surface area (Å²) < 4.78 is 11.1. The lowest BCUT2D eigenvalue weighted by Crippen LogP contribution is -2.64. The number of carbonyl (C=O) groups is 4. The molecule has 1 saturated heterocycles. The molecule has 1 heterocycles. The number of phenolic OH excluding ortho intramolecular Hbond substituents is 1. The third-order valence-electron chi connectivity index (χ3n) is 8.06. The third-order valence-corrected chi connectivity index (χ3v) is 8.06. The van der Waals surface area contributed by atoms with Crippen molar-refractivity contribution in [1.82, 2.24) is 4.90 Å². The van der Waals surface area contributed by atoms with Gasteiger partial charge in [0.25, 0.3) is 5.91 Å². The lowest BCUT2D eigenvalue weighted by atomic mass is 9.55. The Kier molecular flexibility index (Phi) is 6.28. The number of ether oxygens (including phenoxy) is 2. The molecule has 5 atom stereocenters. The maximum Gasteiger partial charge on any atom is 0.307 e. The zero-order chi connectivity index (χ0) is 27.5. The first kappa shape index (κ1) is 25.9. The minimum absolute atomic E-state index is 0.0359. The number of hydrogen-bond acceptors (Lipinski definition) is 11. The molecule has 1 amide bonds. The molecule has 3 aliphatic carbocycles. The Morgan fingerprint density at radius 1 is 1.24 bits per heavy atom. The first-order chi connectivity index (χ1) is 18.0. The van der Waals surface area contributed by atoms with Gasteiger partial charge in [-0.3, -0.25) is 24.1 Å². The van der Waals surface area contributed by atoms with Crippen LogP contribution < -0.4 is 5.73 Å². The fourth-order valence-electron chi connectivity index (χ4n) is 6.17. The molecule has 6 N–H and O–H groups in total. The summed E-state index contributed by atoms with van der Waals surface area (Å²) in [6.45, 7) is 3.55. The fraction of sp³-hybridized carbons (Fsp3) is 0.462. The minimum Gasteiger partial charge on any atom is -0.508 e. The van der Waals surface area contributed by atoms with Crippen molar-refractivity contribution in [2.75, 3.05) is 26.4 Å². The summed E-state index contributed by atoms with van der Waals surface area (Å²) >= 11 is 0. The van der Waals surface area contributed by atoms with E-state index in [0.29, 0.717) is 32.0 Å². The predicted molar refractivity (Wildman–Crippen MR) is 128 cm³/mol. The second-order valence-electron chi connectivity index (χ2n) is 10.1. The first-order valence-electron chi connectivity index (χ1n) is 12.3. The van der Waals surface area contributed by atoms with Gasteiger partial charge in [0.1, 0.15) is 28.9 Å². The van der Waals surface area contributed by atoms with Crippen LogP contribution in [0, 0.1) is 11.8 Å². The Morgan fingerprint density at radius 2 is 1.97 bits per heavy atom. The molecule has 1 aliphatic heterocycles. The molecule has 5 rings (SSSR count). The van der Waals surface area contributed by atoms with Gasteiger partial charge in [0.2, 0.25) is 5.78 Å². The number of fused-ring (bicyclic) bond motifs is 3.